The minimum atomic E-state index is -1.11. The molecule has 0 fully saturated rings. The molecule has 0 saturated carbocycles. The van der Waals surface area contributed by atoms with Crippen LogP contribution in [-0.4, -0.2) is 30.3 Å². The third-order valence-electron chi connectivity index (χ3n) is 2.95. The SMILES string of the molecule is CCc1ccc(N(C)C)c(-c2cc(C(=O)O)on2)c1. The Morgan fingerprint density at radius 3 is 2.63 bits per heavy atom. The Bertz CT molecular complexity index is 602. The summed E-state index contributed by atoms with van der Waals surface area (Å²) in [6.45, 7) is 2.07. The highest BCUT2D eigenvalue weighted by molar-refractivity contribution is 5.87. The molecule has 0 aliphatic rings. The van der Waals surface area contributed by atoms with Gasteiger partial charge in [-0.25, -0.2) is 4.79 Å². The summed E-state index contributed by atoms with van der Waals surface area (Å²) in [6.07, 6.45) is 0.907. The summed E-state index contributed by atoms with van der Waals surface area (Å²) in [4.78, 5) is 12.8. The molecule has 1 N–H and O–H groups in total. The summed E-state index contributed by atoms with van der Waals surface area (Å²) in [5, 5.41) is 12.7. The number of carboxylic acid groups (broad SMARTS) is 1. The third-order valence-corrected chi connectivity index (χ3v) is 2.95. The van der Waals surface area contributed by atoms with Gasteiger partial charge in [-0.05, 0) is 24.1 Å². The Morgan fingerprint density at radius 1 is 1.37 bits per heavy atom. The van der Waals surface area contributed by atoms with Crippen LogP contribution < -0.4 is 4.90 Å². The maximum absolute atomic E-state index is 10.8. The number of hydrogen-bond acceptors (Lipinski definition) is 4. The molecular weight excluding hydrogens is 244 g/mol. The fraction of sp³-hybridized carbons (Fsp3) is 0.286. The molecule has 0 radical (unpaired) electrons. The highest BCUT2D eigenvalue weighted by Crippen LogP contribution is 2.30. The molecule has 0 unspecified atom stereocenters. The standard InChI is InChI=1S/C14H16N2O3/c1-4-9-5-6-12(16(2)3)10(7-9)11-8-13(14(17)18)19-15-11/h5-8H,4H2,1-3H3,(H,17,18). The smallest absolute Gasteiger partial charge is 0.374 e. The Morgan fingerprint density at radius 2 is 2.11 bits per heavy atom. The largest absolute Gasteiger partial charge is 0.475 e. The monoisotopic (exact) mass is 260 g/mol. The topological polar surface area (TPSA) is 66.6 Å². The van der Waals surface area contributed by atoms with E-state index < -0.39 is 5.97 Å². The van der Waals surface area contributed by atoms with Crippen LogP contribution in [0.15, 0.2) is 28.8 Å². The normalized spacial score (nSPS) is 10.5. The second kappa shape index (κ2) is 5.14. The summed E-state index contributed by atoms with van der Waals surface area (Å²) in [6, 6.07) is 7.52. The fourth-order valence-corrected chi connectivity index (χ4v) is 1.90. The number of aryl methyl sites for hydroxylation is 1. The lowest BCUT2D eigenvalue weighted by Gasteiger charge is -2.17. The van der Waals surface area contributed by atoms with Crippen LogP contribution in [0.1, 0.15) is 23.0 Å². The Labute approximate surface area is 111 Å². The molecular formula is C14H16N2O3. The van der Waals surface area contributed by atoms with Gasteiger partial charge in [-0.3, -0.25) is 0 Å². The lowest BCUT2D eigenvalue weighted by Crippen LogP contribution is -2.10. The molecule has 0 bridgehead atoms. The molecule has 1 aromatic carbocycles. The van der Waals surface area contributed by atoms with Crippen LogP contribution in [0.5, 0.6) is 0 Å². The van der Waals surface area contributed by atoms with Gasteiger partial charge in [0.2, 0.25) is 5.76 Å². The predicted molar refractivity (Wildman–Crippen MR) is 72.6 cm³/mol. The molecule has 2 rings (SSSR count). The van der Waals surface area contributed by atoms with Gasteiger partial charge in [0.15, 0.2) is 0 Å². The number of anilines is 1. The fourth-order valence-electron chi connectivity index (χ4n) is 1.90. The zero-order valence-electron chi connectivity index (χ0n) is 11.2. The van der Waals surface area contributed by atoms with Gasteiger partial charge in [0.1, 0.15) is 5.69 Å². The van der Waals surface area contributed by atoms with Crippen molar-refractivity contribution in [3.63, 3.8) is 0 Å². The minimum Gasteiger partial charge on any atom is -0.475 e. The summed E-state index contributed by atoms with van der Waals surface area (Å²) >= 11 is 0. The average molecular weight is 260 g/mol. The van der Waals surface area contributed by atoms with Gasteiger partial charge < -0.3 is 14.5 Å². The van der Waals surface area contributed by atoms with Crippen molar-refractivity contribution in [2.75, 3.05) is 19.0 Å². The minimum absolute atomic E-state index is 0.151. The first-order valence-electron chi connectivity index (χ1n) is 6.03. The first-order chi connectivity index (χ1) is 9.02. The van der Waals surface area contributed by atoms with E-state index >= 15 is 0 Å². The Hall–Kier alpha value is -2.30. The number of rotatable bonds is 4. The van der Waals surface area contributed by atoms with E-state index in [1.165, 1.54) is 11.6 Å². The van der Waals surface area contributed by atoms with E-state index in [9.17, 15) is 4.79 Å². The number of nitrogens with zero attached hydrogens (tertiary/aromatic N) is 2. The molecule has 0 aliphatic carbocycles. The first kappa shape index (κ1) is 13.1. The van der Waals surface area contributed by atoms with Crippen molar-refractivity contribution < 1.29 is 14.4 Å². The zero-order chi connectivity index (χ0) is 14.0. The lowest BCUT2D eigenvalue weighted by atomic mass is 10.0. The second-order valence-corrected chi connectivity index (χ2v) is 4.48. The summed E-state index contributed by atoms with van der Waals surface area (Å²) in [5.74, 6) is -1.27. The van der Waals surface area contributed by atoms with Gasteiger partial charge >= 0.3 is 5.97 Å². The number of aromatic carboxylic acids is 1. The van der Waals surface area contributed by atoms with Crippen molar-refractivity contribution in [2.24, 2.45) is 0 Å². The molecule has 5 heteroatoms. The van der Waals surface area contributed by atoms with E-state index in [-0.39, 0.29) is 5.76 Å². The molecule has 5 nitrogen and oxygen atoms in total. The van der Waals surface area contributed by atoms with Gasteiger partial charge in [0.05, 0.1) is 0 Å². The molecule has 0 amide bonds. The van der Waals surface area contributed by atoms with Gasteiger partial charge in [0, 0.05) is 31.4 Å². The molecule has 1 aromatic heterocycles. The van der Waals surface area contributed by atoms with Crippen molar-refractivity contribution >= 4 is 11.7 Å². The average Bonchev–Trinajstić information content (AvgIpc) is 2.87. The van der Waals surface area contributed by atoms with Crippen LogP contribution >= 0.6 is 0 Å². The zero-order valence-corrected chi connectivity index (χ0v) is 11.2. The quantitative estimate of drug-likeness (QED) is 0.915. The Kier molecular flexibility index (Phi) is 3.55. The number of carbonyl (C=O) groups is 1. The maximum atomic E-state index is 10.8. The molecule has 2 aromatic rings. The van der Waals surface area contributed by atoms with Crippen molar-refractivity contribution in [3.05, 3.63) is 35.6 Å². The van der Waals surface area contributed by atoms with E-state index in [4.69, 9.17) is 9.63 Å². The van der Waals surface area contributed by atoms with Crippen LogP contribution in [0.2, 0.25) is 0 Å². The van der Waals surface area contributed by atoms with Crippen molar-refractivity contribution in [1.82, 2.24) is 5.16 Å². The maximum Gasteiger partial charge on any atom is 0.374 e. The highest BCUT2D eigenvalue weighted by Gasteiger charge is 2.16. The van der Waals surface area contributed by atoms with Crippen LogP contribution in [-0.2, 0) is 6.42 Å². The molecule has 19 heavy (non-hydrogen) atoms. The van der Waals surface area contributed by atoms with E-state index in [1.807, 2.05) is 31.1 Å². The van der Waals surface area contributed by atoms with E-state index in [1.54, 1.807) is 0 Å². The van der Waals surface area contributed by atoms with E-state index in [0.29, 0.717) is 5.69 Å². The van der Waals surface area contributed by atoms with Crippen LogP contribution in [0, 0.1) is 0 Å². The first-order valence-corrected chi connectivity index (χ1v) is 6.03. The molecule has 1 heterocycles. The molecule has 100 valence electrons. The van der Waals surface area contributed by atoms with E-state index in [2.05, 4.69) is 18.1 Å². The summed E-state index contributed by atoms with van der Waals surface area (Å²) in [5.41, 5.74) is 3.56. The van der Waals surface area contributed by atoms with Gasteiger partial charge in [-0.15, -0.1) is 0 Å². The van der Waals surface area contributed by atoms with Crippen molar-refractivity contribution in [3.8, 4) is 11.3 Å². The van der Waals surface area contributed by atoms with Crippen molar-refractivity contribution in [2.45, 2.75) is 13.3 Å². The predicted octanol–water partition coefficient (Wildman–Crippen LogP) is 2.67. The van der Waals surface area contributed by atoms with Crippen LogP contribution in [0.4, 0.5) is 5.69 Å². The number of hydrogen-bond donors (Lipinski definition) is 1. The molecule has 0 atom stereocenters. The molecule has 0 spiro atoms. The summed E-state index contributed by atoms with van der Waals surface area (Å²) in [7, 11) is 3.87. The molecule has 0 saturated heterocycles. The van der Waals surface area contributed by atoms with E-state index in [0.717, 1.165) is 17.7 Å². The van der Waals surface area contributed by atoms with Gasteiger partial charge in [0.25, 0.3) is 0 Å². The lowest BCUT2D eigenvalue weighted by molar-refractivity contribution is 0.0652. The van der Waals surface area contributed by atoms with Gasteiger partial charge in [-0.1, -0.05) is 18.1 Å². The third kappa shape index (κ3) is 2.59. The number of aromatic nitrogens is 1. The highest BCUT2D eigenvalue weighted by atomic mass is 16.5. The number of benzene rings is 1. The van der Waals surface area contributed by atoms with Crippen LogP contribution in [0.3, 0.4) is 0 Å². The van der Waals surface area contributed by atoms with Gasteiger partial charge in [-0.2, -0.15) is 0 Å². The van der Waals surface area contributed by atoms with Crippen LogP contribution in [0.25, 0.3) is 11.3 Å². The molecule has 0 aliphatic heterocycles. The second-order valence-electron chi connectivity index (χ2n) is 4.48. The number of carboxylic acids is 1. The summed E-state index contributed by atoms with van der Waals surface area (Å²) < 4.78 is 4.82. The van der Waals surface area contributed by atoms with Crippen molar-refractivity contribution in [1.29, 1.82) is 0 Å². The Balaban J connectivity index is 2.54.